The number of unbranched alkanes of at least 4 members (excludes halogenated alkanes) is 1. The second-order valence-electron chi connectivity index (χ2n) is 9.70. The summed E-state index contributed by atoms with van der Waals surface area (Å²) in [5.74, 6) is -1.75. The fourth-order valence-electron chi connectivity index (χ4n) is 4.21. The lowest BCUT2D eigenvalue weighted by atomic mass is 9.75. The second-order valence-corrected chi connectivity index (χ2v) is 9.70. The van der Waals surface area contributed by atoms with Crippen molar-refractivity contribution in [3.63, 3.8) is 0 Å². The van der Waals surface area contributed by atoms with Gasteiger partial charge in [0, 0.05) is 36.6 Å². The molecule has 0 bridgehead atoms. The van der Waals surface area contributed by atoms with Gasteiger partial charge in [0.1, 0.15) is 23.4 Å². The van der Waals surface area contributed by atoms with Crippen LogP contribution in [0.1, 0.15) is 71.9 Å². The van der Waals surface area contributed by atoms with Crippen molar-refractivity contribution in [3.05, 3.63) is 36.0 Å². The number of hydrogen-bond donors (Lipinski definition) is 2. The van der Waals surface area contributed by atoms with E-state index in [1.807, 2.05) is 6.07 Å². The van der Waals surface area contributed by atoms with Gasteiger partial charge in [-0.3, -0.25) is 10.1 Å². The van der Waals surface area contributed by atoms with Crippen LogP contribution in [0.5, 0.6) is 5.75 Å². The molecular weight excluding hydrogens is 464 g/mol. The highest BCUT2D eigenvalue weighted by Crippen LogP contribution is 2.38. The summed E-state index contributed by atoms with van der Waals surface area (Å²) < 4.78 is 10.9. The molecule has 1 unspecified atom stereocenters. The molecule has 1 amide bonds. The first-order valence-corrected chi connectivity index (χ1v) is 12.1. The summed E-state index contributed by atoms with van der Waals surface area (Å²) in [7, 11) is 1.46. The highest BCUT2D eigenvalue weighted by molar-refractivity contribution is 5.90. The number of benzene rings is 1. The average Bonchev–Trinajstić information content (AvgIpc) is 2.82. The Morgan fingerprint density at radius 2 is 1.86 bits per heavy atom. The number of nitrogens with zero attached hydrogens (tertiary/aromatic N) is 1. The summed E-state index contributed by atoms with van der Waals surface area (Å²) in [6, 6.07) is 8.55. The van der Waals surface area contributed by atoms with Crippen molar-refractivity contribution in [2.75, 3.05) is 7.11 Å². The summed E-state index contributed by atoms with van der Waals surface area (Å²) in [6.45, 7) is 6.79. The second kappa shape index (κ2) is 12.5. The highest BCUT2D eigenvalue weighted by Gasteiger charge is 2.51. The number of Topliss-reactive ketones (excluding diaryl/α,β-unsaturated/α-hetero) is 1. The molecule has 0 saturated carbocycles. The molecule has 0 aliphatic rings. The SMILES string of the molecule is CCC(=O)CCCCC(CC=O)[C@@](NC(=O)OC(C)(C)C)(C(=O)O)c1cc(OC)c2ccccc2n1. The van der Waals surface area contributed by atoms with Crippen LogP contribution in [0.2, 0.25) is 0 Å². The Kier molecular flexibility index (Phi) is 9.95. The largest absolute Gasteiger partial charge is 0.496 e. The molecule has 9 nitrogen and oxygen atoms in total. The van der Waals surface area contributed by atoms with E-state index >= 15 is 0 Å². The standard InChI is InChI=1S/C27H36N2O7/c1-6-19(31)12-8-7-11-18(15-16-30)27(24(32)33,29-25(34)36-26(2,3)4)23-17-22(35-5)20-13-9-10-14-21(20)28-23/h9-10,13-14,16-18H,6-8,11-12,15H2,1-5H3,(H,29,34)(H,32,33)/t18?,27-/m0/s1. The van der Waals surface area contributed by atoms with E-state index in [0.29, 0.717) is 48.6 Å². The molecule has 2 aromatic rings. The monoisotopic (exact) mass is 500 g/mol. The van der Waals surface area contributed by atoms with Crippen LogP contribution in [0.25, 0.3) is 10.9 Å². The number of ketones is 1. The minimum atomic E-state index is -2.09. The number of carbonyl (C=O) groups excluding carboxylic acids is 3. The van der Waals surface area contributed by atoms with Gasteiger partial charge in [-0.05, 0) is 45.7 Å². The van der Waals surface area contributed by atoms with E-state index in [-0.39, 0.29) is 24.3 Å². The molecule has 0 fully saturated rings. The zero-order valence-corrected chi connectivity index (χ0v) is 21.6. The number of amides is 1. The molecular formula is C27H36N2O7. The Hall–Kier alpha value is -3.49. The van der Waals surface area contributed by atoms with Crippen LogP contribution in [0.3, 0.4) is 0 Å². The maximum absolute atomic E-state index is 13.0. The number of fused-ring (bicyclic) bond motifs is 1. The van der Waals surface area contributed by atoms with Crippen LogP contribution in [-0.2, 0) is 24.7 Å². The maximum Gasteiger partial charge on any atom is 0.408 e. The van der Waals surface area contributed by atoms with Crippen molar-refractivity contribution in [2.24, 2.45) is 5.92 Å². The van der Waals surface area contributed by atoms with Gasteiger partial charge >= 0.3 is 12.1 Å². The van der Waals surface area contributed by atoms with Crippen LogP contribution < -0.4 is 10.1 Å². The van der Waals surface area contributed by atoms with Crippen LogP contribution in [0, 0.1) is 5.92 Å². The van der Waals surface area contributed by atoms with E-state index in [1.165, 1.54) is 13.2 Å². The van der Waals surface area contributed by atoms with Crippen molar-refractivity contribution >= 4 is 35.0 Å². The molecule has 2 N–H and O–H groups in total. The summed E-state index contributed by atoms with van der Waals surface area (Å²) in [5.41, 5.74) is -2.48. The number of aliphatic carboxylic acids is 1. The molecule has 0 aliphatic carbocycles. The molecule has 0 radical (unpaired) electrons. The van der Waals surface area contributed by atoms with E-state index in [2.05, 4.69) is 10.3 Å². The number of nitrogens with one attached hydrogen (secondary N) is 1. The molecule has 0 spiro atoms. The lowest BCUT2D eigenvalue weighted by Crippen LogP contribution is -2.58. The van der Waals surface area contributed by atoms with Crippen LogP contribution in [-0.4, -0.2) is 46.9 Å². The minimum Gasteiger partial charge on any atom is -0.496 e. The van der Waals surface area contributed by atoms with Gasteiger partial charge in [-0.15, -0.1) is 0 Å². The van der Waals surface area contributed by atoms with Crippen LogP contribution in [0.15, 0.2) is 30.3 Å². The first-order valence-electron chi connectivity index (χ1n) is 12.1. The van der Waals surface area contributed by atoms with Crippen molar-refractivity contribution in [1.82, 2.24) is 10.3 Å². The van der Waals surface area contributed by atoms with Gasteiger partial charge in [0.15, 0.2) is 5.54 Å². The zero-order valence-electron chi connectivity index (χ0n) is 21.6. The van der Waals surface area contributed by atoms with Gasteiger partial charge in [0.25, 0.3) is 0 Å². The van der Waals surface area contributed by atoms with E-state index in [1.54, 1.807) is 45.9 Å². The van der Waals surface area contributed by atoms with Gasteiger partial charge in [0.05, 0.1) is 18.3 Å². The maximum atomic E-state index is 13.0. The predicted octanol–water partition coefficient (Wildman–Crippen LogP) is 4.79. The predicted molar refractivity (Wildman–Crippen MR) is 135 cm³/mol. The van der Waals surface area contributed by atoms with Gasteiger partial charge in [-0.2, -0.15) is 0 Å². The fraction of sp³-hybridized carbons (Fsp3) is 0.519. The Bertz CT molecular complexity index is 1090. The number of carboxylic acid groups (broad SMARTS) is 1. The third-order valence-electron chi connectivity index (χ3n) is 5.98. The average molecular weight is 501 g/mol. The first-order chi connectivity index (χ1) is 17.0. The molecule has 1 aromatic carbocycles. The smallest absolute Gasteiger partial charge is 0.408 e. The molecule has 36 heavy (non-hydrogen) atoms. The van der Waals surface area contributed by atoms with Gasteiger partial charge in [-0.1, -0.05) is 25.5 Å². The number of pyridine rings is 1. The number of carbonyl (C=O) groups is 4. The molecule has 0 aliphatic heterocycles. The van der Waals surface area contributed by atoms with Crippen molar-refractivity contribution in [1.29, 1.82) is 0 Å². The van der Waals surface area contributed by atoms with Gasteiger partial charge < -0.3 is 19.4 Å². The van der Waals surface area contributed by atoms with Crippen molar-refractivity contribution in [3.8, 4) is 5.75 Å². The van der Waals surface area contributed by atoms with E-state index < -0.39 is 29.1 Å². The number of para-hydroxylation sites is 1. The summed E-state index contributed by atoms with van der Waals surface area (Å²) in [6.07, 6.45) is 1.61. The highest BCUT2D eigenvalue weighted by atomic mass is 16.6. The molecule has 2 rings (SSSR count). The van der Waals surface area contributed by atoms with Gasteiger partial charge in [-0.25, -0.2) is 14.6 Å². The van der Waals surface area contributed by atoms with E-state index in [0.717, 1.165) is 0 Å². The molecule has 196 valence electrons. The zero-order chi connectivity index (χ0) is 26.9. The van der Waals surface area contributed by atoms with Crippen molar-refractivity contribution in [2.45, 2.75) is 77.4 Å². The summed E-state index contributed by atoms with van der Waals surface area (Å²) >= 11 is 0. The fourth-order valence-corrected chi connectivity index (χ4v) is 4.21. The molecule has 1 heterocycles. The topological polar surface area (TPSA) is 132 Å². The number of aldehydes is 1. The number of alkyl carbamates (subject to hydrolysis) is 1. The third kappa shape index (κ3) is 7.02. The Balaban J connectivity index is 2.66. The number of hydrogen-bond acceptors (Lipinski definition) is 7. The molecule has 9 heteroatoms. The normalized spacial score (nSPS) is 13.9. The number of rotatable bonds is 13. The number of carboxylic acids is 1. The Morgan fingerprint density at radius 1 is 1.17 bits per heavy atom. The molecule has 1 aromatic heterocycles. The van der Waals surface area contributed by atoms with Crippen LogP contribution >= 0.6 is 0 Å². The van der Waals surface area contributed by atoms with E-state index in [9.17, 15) is 24.3 Å². The number of aromatic nitrogens is 1. The van der Waals surface area contributed by atoms with Gasteiger partial charge in [0.2, 0.25) is 0 Å². The Morgan fingerprint density at radius 3 is 2.44 bits per heavy atom. The van der Waals surface area contributed by atoms with E-state index in [4.69, 9.17) is 9.47 Å². The summed E-state index contributed by atoms with van der Waals surface area (Å²) in [5, 5.41) is 13.9. The molecule has 2 atom stereocenters. The molecule has 0 saturated heterocycles. The quantitative estimate of drug-likeness (QED) is 0.296. The first kappa shape index (κ1) is 28.7. The van der Waals surface area contributed by atoms with Crippen molar-refractivity contribution < 1.29 is 33.8 Å². The van der Waals surface area contributed by atoms with Crippen LogP contribution in [0.4, 0.5) is 4.79 Å². The number of ether oxygens (including phenoxy) is 2. The Labute approximate surface area is 211 Å². The summed E-state index contributed by atoms with van der Waals surface area (Å²) in [4.78, 5) is 54.0. The lowest BCUT2D eigenvalue weighted by Gasteiger charge is -2.37. The number of methoxy groups -OCH3 is 1. The third-order valence-corrected chi connectivity index (χ3v) is 5.98. The lowest BCUT2D eigenvalue weighted by molar-refractivity contribution is -0.149. The minimum absolute atomic E-state index is 0.0212.